The van der Waals surface area contributed by atoms with E-state index in [0.29, 0.717) is 23.7 Å². The van der Waals surface area contributed by atoms with Crippen molar-refractivity contribution >= 4 is 41.2 Å². The van der Waals surface area contributed by atoms with Gasteiger partial charge in [-0.3, -0.25) is 19.8 Å². The molecule has 1 aliphatic rings. The van der Waals surface area contributed by atoms with E-state index < -0.39 is 17.8 Å². The monoisotopic (exact) mass is 404 g/mol. The van der Waals surface area contributed by atoms with Crippen LogP contribution in [0.1, 0.15) is 12.5 Å². The second-order valence-corrected chi connectivity index (χ2v) is 5.91. The summed E-state index contributed by atoms with van der Waals surface area (Å²) in [4.78, 5) is 37.3. The third-order valence-corrected chi connectivity index (χ3v) is 3.97. The Hall–Kier alpha value is -3.20. The van der Waals surface area contributed by atoms with Crippen molar-refractivity contribution in [2.24, 2.45) is 0 Å². The summed E-state index contributed by atoms with van der Waals surface area (Å²) in [7, 11) is 1.26. The summed E-state index contributed by atoms with van der Waals surface area (Å²) in [6.45, 7) is 5.64. The lowest BCUT2D eigenvalue weighted by Crippen LogP contribution is -2.53. The minimum absolute atomic E-state index is 0.0358. The van der Waals surface area contributed by atoms with Crippen molar-refractivity contribution in [1.29, 1.82) is 0 Å². The molecule has 1 aromatic rings. The molecule has 148 valence electrons. The van der Waals surface area contributed by atoms with Crippen molar-refractivity contribution in [3.8, 4) is 11.5 Å². The van der Waals surface area contributed by atoms with Crippen LogP contribution in [-0.2, 0) is 19.1 Å². The van der Waals surface area contributed by atoms with Gasteiger partial charge in [0, 0.05) is 6.54 Å². The minimum atomic E-state index is -0.584. The topological polar surface area (TPSA) is 94.2 Å². The number of hydrogen-bond donors (Lipinski definition) is 1. The molecule has 0 aromatic heterocycles. The molecule has 0 atom stereocenters. The van der Waals surface area contributed by atoms with Crippen LogP contribution in [0.4, 0.5) is 0 Å². The number of nitrogens with zero attached hydrogens (tertiary/aromatic N) is 1. The first-order valence-corrected chi connectivity index (χ1v) is 8.78. The van der Waals surface area contributed by atoms with Crippen LogP contribution in [0.25, 0.3) is 6.08 Å². The predicted molar refractivity (Wildman–Crippen MR) is 106 cm³/mol. The molecule has 28 heavy (non-hydrogen) atoms. The number of benzene rings is 1. The Morgan fingerprint density at radius 2 is 2.04 bits per heavy atom. The number of carbonyl (C=O) groups excluding carboxylic acids is 3. The van der Waals surface area contributed by atoms with Gasteiger partial charge in [0.15, 0.2) is 23.2 Å². The average molecular weight is 404 g/mol. The first-order valence-electron chi connectivity index (χ1n) is 8.37. The van der Waals surface area contributed by atoms with E-state index in [9.17, 15) is 14.4 Å². The Bertz CT molecular complexity index is 849. The fraction of sp³-hybridized carbons (Fsp3) is 0.263. The fourth-order valence-electron chi connectivity index (χ4n) is 2.35. The van der Waals surface area contributed by atoms with Crippen molar-refractivity contribution in [3.05, 3.63) is 42.0 Å². The SMILES string of the molecule is C=CCN1C(=O)/C(=C/c2ccc(OCC(=O)OC)c(OCC)c2)C(=O)NC1=S. The van der Waals surface area contributed by atoms with E-state index in [1.165, 1.54) is 24.2 Å². The largest absolute Gasteiger partial charge is 0.490 e. The van der Waals surface area contributed by atoms with Gasteiger partial charge in [-0.15, -0.1) is 6.58 Å². The second-order valence-electron chi connectivity index (χ2n) is 5.53. The fourth-order valence-corrected chi connectivity index (χ4v) is 2.60. The molecule has 1 fully saturated rings. The molecule has 9 heteroatoms. The molecule has 0 saturated carbocycles. The number of esters is 1. The normalized spacial score (nSPS) is 15.3. The van der Waals surface area contributed by atoms with Crippen LogP contribution in [0.5, 0.6) is 11.5 Å². The van der Waals surface area contributed by atoms with E-state index in [0.717, 1.165) is 0 Å². The minimum Gasteiger partial charge on any atom is -0.490 e. The zero-order chi connectivity index (χ0) is 20.7. The summed E-state index contributed by atoms with van der Waals surface area (Å²) in [6.07, 6.45) is 2.95. The highest BCUT2D eigenvalue weighted by atomic mass is 32.1. The Morgan fingerprint density at radius 1 is 1.29 bits per heavy atom. The summed E-state index contributed by atoms with van der Waals surface area (Å²) in [5.74, 6) is -0.931. The van der Waals surface area contributed by atoms with Crippen LogP contribution in [0, 0.1) is 0 Å². The molecule has 1 N–H and O–H groups in total. The number of hydrogen-bond acceptors (Lipinski definition) is 7. The van der Waals surface area contributed by atoms with Crippen molar-refractivity contribution in [1.82, 2.24) is 10.2 Å². The first-order chi connectivity index (χ1) is 13.4. The number of carbonyl (C=O) groups is 3. The predicted octanol–water partition coefficient (Wildman–Crippen LogP) is 1.45. The maximum absolute atomic E-state index is 12.6. The summed E-state index contributed by atoms with van der Waals surface area (Å²) in [5, 5.41) is 2.52. The van der Waals surface area contributed by atoms with Gasteiger partial charge < -0.3 is 14.2 Å². The van der Waals surface area contributed by atoms with Gasteiger partial charge in [-0.25, -0.2) is 4.79 Å². The summed E-state index contributed by atoms with van der Waals surface area (Å²) >= 11 is 5.02. The molecule has 2 rings (SSSR count). The van der Waals surface area contributed by atoms with Gasteiger partial charge in [0.05, 0.1) is 13.7 Å². The van der Waals surface area contributed by atoms with E-state index in [1.807, 2.05) is 0 Å². The van der Waals surface area contributed by atoms with Gasteiger partial charge >= 0.3 is 5.97 Å². The lowest BCUT2D eigenvalue weighted by molar-refractivity contribution is -0.143. The van der Waals surface area contributed by atoms with Gasteiger partial charge in [-0.05, 0) is 42.9 Å². The Balaban J connectivity index is 2.33. The summed E-state index contributed by atoms with van der Waals surface area (Å²) < 4.78 is 15.5. The van der Waals surface area contributed by atoms with E-state index in [2.05, 4.69) is 16.6 Å². The highest BCUT2D eigenvalue weighted by Gasteiger charge is 2.32. The summed E-state index contributed by atoms with van der Waals surface area (Å²) in [6, 6.07) is 4.82. The van der Waals surface area contributed by atoms with Gasteiger partial charge in [0.25, 0.3) is 11.8 Å². The van der Waals surface area contributed by atoms with Crippen LogP contribution < -0.4 is 14.8 Å². The van der Waals surface area contributed by atoms with E-state index in [-0.39, 0.29) is 23.8 Å². The number of methoxy groups -OCH3 is 1. The molecule has 8 nitrogen and oxygen atoms in total. The third kappa shape index (κ3) is 4.95. The van der Waals surface area contributed by atoms with E-state index >= 15 is 0 Å². The number of nitrogens with one attached hydrogen (secondary N) is 1. The lowest BCUT2D eigenvalue weighted by atomic mass is 10.1. The molecular formula is C19H20N2O6S. The van der Waals surface area contributed by atoms with Gasteiger partial charge in [-0.2, -0.15) is 0 Å². The standard InChI is InChI=1S/C19H20N2O6S/c1-4-8-21-18(24)13(17(23)20-19(21)28)9-12-6-7-14(15(10-12)26-5-2)27-11-16(22)25-3/h4,6-7,9-10H,1,5,8,11H2,2-3H3,(H,20,23,28)/b13-9+. The van der Waals surface area contributed by atoms with Gasteiger partial charge in [-0.1, -0.05) is 12.1 Å². The van der Waals surface area contributed by atoms with Crippen molar-refractivity contribution in [3.63, 3.8) is 0 Å². The molecule has 0 aliphatic carbocycles. The van der Waals surface area contributed by atoms with E-state index in [1.54, 1.807) is 25.1 Å². The van der Waals surface area contributed by atoms with Crippen LogP contribution in [-0.4, -0.2) is 54.7 Å². The Morgan fingerprint density at radius 3 is 2.68 bits per heavy atom. The molecule has 1 aliphatic heterocycles. The maximum atomic E-state index is 12.6. The van der Waals surface area contributed by atoms with Crippen molar-refractivity contribution in [2.75, 3.05) is 26.9 Å². The zero-order valence-electron chi connectivity index (χ0n) is 15.5. The maximum Gasteiger partial charge on any atom is 0.343 e. The molecule has 0 spiro atoms. The first kappa shape index (κ1) is 21.1. The molecule has 0 unspecified atom stereocenters. The smallest absolute Gasteiger partial charge is 0.343 e. The number of amides is 2. The van der Waals surface area contributed by atoms with Gasteiger partial charge in [0.2, 0.25) is 0 Å². The van der Waals surface area contributed by atoms with Crippen molar-refractivity contribution in [2.45, 2.75) is 6.92 Å². The number of ether oxygens (including phenoxy) is 3. The average Bonchev–Trinajstić information content (AvgIpc) is 2.67. The van der Waals surface area contributed by atoms with Crippen LogP contribution in [0.15, 0.2) is 36.4 Å². The van der Waals surface area contributed by atoms with Crippen LogP contribution >= 0.6 is 12.2 Å². The Labute approximate surface area is 167 Å². The van der Waals surface area contributed by atoms with Crippen molar-refractivity contribution < 1.29 is 28.6 Å². The highest BCUT2D eigenvalue weighted by Crippen LogP contribution is 2.30. The zero-order valence-corrected chi connectivity index (χ0v) is 16.3. The highest BCUT2D eigenvalue weighted by molar-refractivity contribution is 7.80. The number of thiocarbonyl (C=S) groups is 1. The number of rotatable bonds is 8. The van der Waals surface area contributed by atoms with Crippen LogP contribution in [0.2, 0.25) is 0 Å². The molecule has 0 bridgehead atoms. The third-order valence-electron chi connectivity index (χ3n) is 3.65. The van der Waals surface area contributed by atoms with Gasteiger partial charge in [0.1, 0.15) is 5.57 Å². The Kier molecular flexibility index (Phi) is 7.28. The quantitative estimate of drug-likeness (QED) is 0.230. The second kappa shape index (κ2) is 9.65. The molecular weight excluding hydrogens is 384 g/mol. The van der Waals surface area contributed by atoms with E-state index in [4.69, 9.17) is 21.7 Å². The summed E-state index contributed by atoms with van der Waals surface area (Å²) in [5.41, 5.74) is 0.472. The lowest BCUT2D eigenvalue weighted by Gasteiger charge is -2.27. The van der Waals surface area contributed by atoms with Crippen LogP contribution in [0.3, 0.4) is 0 Å². The molecule has 2 amide bonds. The molecule has 1 heterocycles. The molecule has 1 saturated heterocycles. The molecule has 1 aromatic carbocycles. The molecule has 0 radical (unpaired) electrons.